The quantitative estimate of drug-likeness (QED) is 0.435. The van der Waals surface area contributed by atoms with E-state index in [1.54, 1.807) is 19.2 Å². The van der Waals surface area contributed by atoms with Gasteiger partial charge in [-0.1, -0.05) is 26.8 Å². The molecule has 2 rings (SSSR count). The summed E-state index contributed by atoms with van der Waals surface area (Å²) in [5.74, 6) is 0. The second-order valence-corrected chi connectivity index (χ2v) is 13.3. The highest BCUT2D eigenvalue weighted by Gasteiger charge is 2.45. The average molecular weight is 397 g/mol. The van der Waals surface area contributed by atoms with E-state index in [0.717, 1.165) is 0 Å². The molecule has 0 aliphatic carbocycles. The Kier molecular flexibility index (Phi) is 6.67. The molecular formula is C19H32N2O5Si. The minimum Gasteiger partial charge on any atom is -0.411 e. The predicted octanol–water partition coefficient (Wildman–Crippen LogP) is 2.73. The van der Waals surface area contributed by atoms with Crippen LogP contribution in [0.15, 0.2) is 28.4 Å². The van der Waals surface area contributed by atoms with Gasteiger partial charge in [-0.05, 0) is 25.1 Å². The highest BCUT2D eigenvalue weighted by molar-refractivity contribution is 6.74. The van der Waals surface area contributed by atoms with Gasteiger partial charge in [-0.2, -0.15) is 0 Å². The van der Waals surface area contributed by atoms with E-state index in [0.29, 0.717) is 25.2 Å². The van der Waals surface area contributed by atoms with Crippen molar-refractivity contribution < 1.29 is 13.9 Å². The molecule has 0 saturated carbocycles. The third kappa shape index (κ3) is 5.07. The van der Waals surface area contributed by atoms with Crippen molar-refractivity contribution in [3.63, 3.8) is 0 Å². The lowest BCUT2D eigenvalue weighted by Gasteiger charge is -2.39. The van der Waals surface area contributed by atoms with Crippen LogP contribution in [0.4, 0.5) is 0 Å². The molecule has 1 aromatic rings. The molecule has 3 atom stereocenters. The molecular weight excluding hydrogens is 364 g/mol. The van der Waals surface area contributed by atoms with Crippen LogP contribution in [0.1, 0.15) is 39.0 Å². The first kappa shape index (κ1) is 21.8. The van der Waals surface area contributed by atoms with Crippen molar-refractivity contribution in [3.8, 4) is 0 Å². The number of nitrogens with one attached hydrogen (secondary N) is 1. The lowest BCUT2D eigenvalue weighted by atomic mass is 10.2. The summed E-state index contributed by atoms with van der Waals surface area (Å²) in [4.78, 5) is 26.2. The Bertz CT molecular complexity index is 778. The molecule has 1 unspecified atom stereocenters. The minimum absolute atomic E-state index is 0.0586. The molecule has 0 spiro atoms. The van der Waals surface area contributed by atoms with Crippen LogP contribution < -0.4 is 11.2 Å². The topological polar surface area (TPSA) is 82.5 Å². The summed E-state index contributed by atoms with van der Waals surface area (Å²) in [7, 11) is -2.02. The van der Waals surface area contributed by atoms with Crippen LogP contribution >= 0.6 is 0 Å². The Morgan fingerprint density at radius 3 is 2.67 bits per heavy atom. The largest absolute Gasteiger partial charge is 0.411 e. The van der Waals surface area contributed by atoms with Crippen LogP contribution in [-0.2, 0) is 13.9 Å². The smallest absolute Gasteiger partial charge is 0.330 e. The van der Waals surface area contributed by atoms with E-state index in [9.17, 15) is 9.59 Å². The van der Waals surface area contributed by atoms with Crippen molar-refractivity contribution in [2.75, 3.05) is 13.2 Å². The standard InChI is InChI=1S/C19H32N2O5Si/c1-8-9-24-12-15-14(26-27(6,7)19(3,4)5)10-16(25-15)21-11-13(2)17(22)20-18(21)23/h8,11,14-16H,1,9-10,12H2,2-7H3,(H,20,22,23)/t14?,15-,16-/m1/s1. The van der Waals surface area contributed by atoms with E-state index in [1.807, 2.05) is 0 Å². The summed E-state index contributed by atoms with van der Waals surface area (Å²) in [5, 5.41) is 0.0586. The van der Waals surface area contributed by atoms with Gasteiger partial charge < -0.3 is 13.9 Å². The summed E-state index contributed by atoms with van der Waals surface area (Å²) in [6.45, 7) is 17.1. The van der Waals surface area contributed by atoms with Gasteiger partial charge in [0.2, 0.25) is 0 Å². The Labute approximate surface area is 161 Å². The first-order chi connectivity index (χ1) is 12.5. The maximum atomic E-state index is 12.2. The second-order valence-electron chi connectivity index (χ2n) is 8.59. The first-order valence-electron chi connectivity index (χ1n) is 9.30. The zero-order valence-corrected chi connectivity index (χ0v) is 18.2. The zero-order chi connectivity index (χ0) is 20.4. The number of rotatable bonds is 7. The van der Waals surface area contributed by atoms with Crippen molar-refractivity contribution in [1.82, 2.24) is 9.55 Å². The van der Waals surface area contributed by atoms with Crippen molar-refractivity contribution in [1.29, 1.82) is 0 Å². The van der Waals surface area contributed by atoms with E-state index >= 15 is 0 Å². The molecule has 7 nitrogen and oxygen atoms in total. The minimum atomic E-state index is -2.02. The number of H-pyrrole nitrogens is 1. The third-order valence-corrected chi connectivity index (χ3v) is 9.91. The molecule has 1 fully saturated rings. The van der Waals surface area contributed by atoms with Gasteiger partial charge >= 0.3 is 5.69 Å². The van der Waals surface area contributed by atoms with Crippen LogP contribution in [0.2, 0.25) is 18.1 Å². The molecule has 0 aromatic carbocycles. The van der Waals surface area contributed by atoms with E-state index in [4.69, 9.17) is 13.9 Å². The summed E-state index contributed by atoms with van der Waals surface area (Å²) in [5.41, 5.74) is -0.394. The Morgan fingerprint density at radius 1 is 1.41 bits per heavy atom. The van der Waals surface area contributed by atoms with Gasteiger partial charge in [0.25, 0.3) is 5.56 Å². The summed E-state index contributed by atoms with van der Waals surface area (Å²) in [6.07, 6.45) is 2.79. The average Bonchev–Trinajstić information content (AvgIpc) is 2.92. The van der Waals surface area contributed by atoms with Gasteiger partial charge in [-0.15, -0.1) is 6.58 Å². The number of ether oxygens (including phenoxy) is 2. The molecule has 1 N–H and O–H groups in total. The van der Waals surface area contributed by atoms with Crippen molar-refractivity contribution in [2.24, 2.45) is 0 Å². The number of nitrogens with zero attached hydrogens (tertiary/aromatic N) is 1. The Balaban J connectivity index is 2.26. The van der Waals surface area contributed by atoms with Gasteiger partial charge in [0.05, 0.1) is 19.3 Å². The number of aromatic nitrogens is 2. The van der Waals surface area contributed by atoms with E-state index in [-0.39, 0.29) is 22.8 Å². The number of aromatic amines is 1. The van der Waals surface area contributed by atoms with Crippen molar-refractivity contribution in [2.45, 2.75) is 70.7 Å². The molecule has 2 heterocycles. The fraction of sp³-hybridized carbons (Fsp3) is 0.684. The van der Waals surface area contributed by atoms with Gasteiger partial charge in [0, 0.05) is 18.2 Å². The van der Waals surface area contributed by atoms with Crippen LogP contribution in [0.5, 0.6) is 0 Å². The number of hydrogen-bond donors (Lipinski definition) is 1. The molecule has 1 aliphatic heterocycles. The predicted molar refractivity (Wildman–Crippen MR) is 108 cm³/mol. The third-order valence-electron chi connectivity index (χ3n) is 5.41. The van der Waals surface area contributed by atoms with Gasteiger partial charge in [-0.25, -0.2) is 4.79 Å². The molecule has 8 heteroatoms. The Morgan fingerprint density at radius 2 is 2.07 bits per heavy atom. The molecule has 27 heavy (non-hydrogen) atoms. The lowest BCUT2D eigenvalue weighted by Crippen LogP contribution is -2.46. The molecule has 152 valence electrons. The summed E-state index contributed by atoms with van der Waals surface area (Å²) in [6, 6.07) is 0. The Hall–Kier alpha value is -1.48. The fourth-order valence-electron chi connectivity index (χ4n) is 2.77. The highest BCUT2D eigenvalue weighted by atomic mass is 28.4. The maximum absolute atomic E-state index is 12.2. The second kappa shape index (κ2) is 8.26. The number of aryl methyl sites for hydroxylation is 1. The molecule has 1 aromatic heterocycles. The highest BCUT2D eigenvalue weighted by Crippen LogP contribution is 2.40. The molecule has 1 saturated heterocycles. The molecule has 0 radical (unpaired) electrons. The van der Waals surface area contributed by atoms with Crippen LogP contribution in [-0.4, -0.2) is 43.3 Å². The first-order valence-corrected chi connectivity index (χ1v) is 12.2. The molecule has 1 aliphatic rings. The van der Waals surface area contributed by atoms with E-state index in [1.165, 1.54) is 4.57 Å². The fourth-order valence-corrected chi connectivity index (χ4v) is 4.13. The van der Waals surface area contributed by atoms with E-state index in [2.05, 4.69) is 45.4 Å². The van der Waals surface area contributed by atoms with E-state index < -0.39 is 20.2 Å². The molecule has 0 bridgehead atoms. The summed E-state index contributed by atoms with van der Waals surface area (Å²) >= 11 is 0. The van der Waals surface area contributed by atoms with Crippen molar-refractivity contribution >= 4 is 8.32 Å². The monoisotopic (exact) mass is 396 g/mol. The van der Waals surface area contributed by atoms with Crippen molar-refractivity contribution in [3.05, 3.63) is 45.3 Å². The normalized spacial score (nSPS) is 23.6. The maximum Gasteiger partial charge on any atom is 0.330 e. The lowest BCUT2D eigenvalue weighted by molar-refractivity contribution is -0.0576. The number of hydrogen-bond acceptors (Lipinski definition) is 5. The van der Waals surface area contributed by atoms with Crippen LogP contribution in [0.3, 0.4) is 0 Å². The van der Waals surface area contributed by atoms with Gasteiger partial charge in [-0.3, -0.25) is 14.3 Å². The van der Waals surface area contributed by atoms with Gasteiger partial charge in [0.1, 0.15) is 12.3 Å². The van der Waals surface area contributed by atoms with Crippen LogP contribution in [0.25, 0.3) is 0 Å². The zero-order valence-electron chi connectivity index (χ0n) is 17.2. The summed E-state index contributed by atoms with van der Waals surface area (Å²) < 4.78 is 19.7. The van der Waals surface area contributed by atoms with Crippen LogP contribution in [0, 0.1) is 6.92 Å². The molecule has 0 amide bonds. The SMILES string of the molecule is C=CCOC[C@H]1O[C@@H](n2cc(C)c(=O)[nH]c2=O)CC1O[Si](C)(C)C(C)(C)C. The van der Waals surface area contributed by atoms with Gasteiger partial charge in [0.15, 0.2) is 8.32 Å².